The number of thiazole rings is 1. The van der Waals surface area contributed by atoms with E-state index in [1.807, 2.05) is 5.38 Å². The number of nitrogens with zero attached hydrogens (tertiary/aromatic N) is 3. The van der Waals surface area contributed by atoms with E-state index < -0.39 is 0 Å². The summed E-state index contributed by atoms with van der Waals surface area (Å²) in [5.74, 6) is -0.0115. The molecule has 0 aromatic carbocycles. The predicted molar refractivity (Wildman–Crippen MR) is 79.9 cm³/mol. The van der Waals surface area contributed by atoms with Gasteiger partial charge in [-0.05, 0) is 6.42 Å². The molecule has 1 aromatic heterocycles. The van der Waals surface area contributed by atoms with Gasteiger partial charge in [-0.3, -0.25) is 14.6 Å². The molecule has 1 aliphatic heterocycles. The number of hydrogen-bond donors (Lipinski definition) is 2. The lowest BCUT2D eigenvalue weighted by molar-refractivity contribution is -0.117. The van der Waals surface area contributed by atoms with E-state index >= 15 is 0 Å². The van der Waals surface area contributed by atoms with Crippen molar-refractivity contribution in [3.8, 4) is 0 Å². The molecule has 2 heterocycles. The van der Waals surface area contributed by atoms with Crippen molar-refractivity contribution in [3.05, 3.63) is 11.6 Å². The van der Waals surface area contributed by atoms with Gasteiger partial charge in [0.1, 0.15) is 0 Å². The summed E-state index contributed by atoms with van der Waals surface area (Å²) in [7, 11) is 0. The Balaban J connectivity index is 1.72. The van der Waals surface area contributed by atoms with Crippen molar-refractivity contribution in [1.82, 2.24) is 14.8 Å². The fourth-order valence-electron chi connectivity index (χ4n) is 2.44. The first kappa shape index (κ1) is 15.4. The minimum atomic E-state index is -0.0115. The van der Waals surface area contributed by atoms with E-state index in [9.17, 15) is 9.90 Å². The summed E-state index contributed by atoms with van der Waals surface area (Å²) >= 11 is 1.43. The monoisotopic (exact) mass is 298 g/mol. The lowest BCUT2D eigenvalue weighted by Crippen LogP contribution is -2.52. The Labute approximate surface area is 123 Å². The average Bonchev–Trinajstić information content (AvgIpc) is 2.94. The summed E-state index contributed by atoms with van der Waals surface area (Å²) in [6.45, 7) is 6.25. The van der Waals surface area contributed by atoms with Crippen LogP contribution in [0.5, 0.6) is 0 Å². The van der Waals surface area contributed by atoms with Gasteiger partial charge in [0, 0.05) is 43.8 Å². The molecule has 0 spiro atoms. The molecule has 1 saturated heterocycles. The standard InChI is InChI=1S/C13H22N4O2S/c1-2-11(10-18)17-6-4-16(5-7-17)9-12(19)15-13-14-3-8-20-13/h3,8,11,18H,2,4-7,9-10H2,1H3,(H,14,15,19). The lowest BCUT2D eigenvalue weighted by atomic mass is 10.1. The largest absolute Gasteiger partial charge is 0.395 e. The molecule has 1 atom stereocenters. The molecule has 2 rings (SSSR count). The molecule has 1 unspecified atom stereocenters. The molecule has 112 valence electrons. The number of carbonyl (C=O) groups excluding carboxylic acids is 1. The molecule has 6 nitrogen and oxygen atoms in total. The van der Waals surface area contributed by atoms with Gasteiger partial charge in [0.15, 0.2) is 5.13 Å². The van der Waals surface area contributed by atoms with Crippen molar-refractivity contribution in [3.63, 3.8) is 0 Å². The smallest absolute Gasteiger partial charge is 0.240 e. The maximum Gasteiger partial charge on any atom is 0.240 e. The molecule has 0 radical (unpaired) electrons. The number of rotatable bonds is 6. The molecule has 1 fully saturated rings. The molecule has 7 heteroatoms. The van der Waals surface area contributed by atoms with Crippen molar-refractivity contribution in [2.24, 2.45) is 0 Å². The predicted octanol–water partition coefficient (Wildman–Crippen LogP) is 0.470. The maximum absolute atomic E-state index is 11.9. The molecule has 0 bridgehead atoms. The van der Waals surface area contributed by atoms with Crippen LogP contribution in [0.1, 0.15) is 13.3 Å². The van der Waals surface area contributed by atoms with Crippen molar-refractivity contribution in [2.75, 3.05) is 44.6 Å². The van der Waals surface area contributed by atoms with E-state index in [0.29, 0.717) is 11.7 Å². The number of piperazine rings is 1. The number of aliphatic hydroxyl groups excluding tert-OH is 1. The Morgan fingerprint density at radius 2 is 2.25 bits per heavy atom. The van der Waals surface area contributed by atoms with Crippen LogP contribution in [0.3, 0.4) is 0 Å². The maximum atomic E-state index is 11.9. The second kappa shape index (κ2) is 7.68. The van der Waals surface area contributed by atoms with E-state index in [4.69, 9.17) is 0 Å². The van der Waals surface area contributed by atoms with Crippen molar-refractivity contribution >= 4 is 22.4 Å². The molecular formula is C13H22N4O2S. The Hall–Kier alpha value is -1.02. The van der Waals surface area contributed by atoms with Gasteiger partial charge < -0.3 is 10.4 Å². The zero-order chi connectivity index (χ0) is 14.4. The molecule has 2 N–H and O–H groups in total. The number of aromatic nitrogens is 1. The van der Waals surface area contributed by atoms with Gasteiger partial charge in [-0.1, -0.05) is 6.92 Å². The van der Waals surface area contributed by atoms with E-state index in [1.165, 1.54) is 11.3 Å². The van der Waals surface area contributed by atoms with Crippen LogP contribution in [0, 0.1) is 0 Å². The van der Waals surface area contributed by atoms with Gasteiger partial charge in [0.05, 0.1) is 13.2 Å². The fraction of sp³-hybridized carbons (Fsp3) is 0.692. The van der Waals surface area contributed by atoms with Crippen LogP contribution in [-0.2, 0) is 4.79 Å². The second-order valence-corrected chi connectivity index (χ2v) is 5.84. The van der Waals surface area contributed by atoms with E-state index in [1.54, 1.807) is 6.20 Å². The van der Waals surface area contributed by atoms with Crippen LogP contribution in [0.2, 0.25) is 0 Å². The molecule has 1 aromatic rings. The van der Waals surface area contributed by atoms with Crippen LogP contribution >= 0.6 is 11.3 Å². The summed E-state index contributed by atoms with van der Waals surface area (Å²) in [5, 5.41) is 14.6. The number of aliphatic hydroxyl groups is 1. The second-order valence-electron chi connectivity index (χ2n) is 4.94. The first-order valence-electron chi connectivity index (χ1n) is 6.99. The average molecular weight is 298 g/mol. The number of hydrogen-bond acceptors (Lipinski definition) is 6. The lowest BCUT2D eigenvalue weighted by Gasteiger charge is -2.38. The Kier molecular flexibility index (Phi) is 5.90. The fourth-order valence-corrected chi connectivity index (χ4v) is 2.98. The number of amides is 1. The third kappa shape index (κ3) is 4.24. The van der Waals surface area contributed by atoms with Crippen molar-refractivity contribution in [1.29, 1.82) is 0 Å². The molecule has 20 heavy (non-hydrogen) atoms. The molecule has 1 amide bonds. The van der Waals surface area contributed by atoms with Crippen LogP contribution in [-0.4, -0.2) is 71.2 Å². The summed E-state index contributed by atoms with van der Waals surface area (Å²) < 4.78 is 0. The van der Waals surface area contributed by atoms with Crippen LogP contribution in [0.15, 0.2) is 11.6 Å². The molecule has 1 aliphatic rings. The molecule has 0 saturated carbocycles. The third-order valence-corrected chi connectivity index (χ3v) is 4.34. The topological polar surface area (TPSA) is 68.7 Å². The minimum Gasteiger partial charge on any atom is -0.395 e. The summed E-state index contributed by atoms with van der Waals surface area (Å²) in [6.07, 6.45) is 2.64. The van der Waals surface area contributed by atoms with Gasteiger partial charge in [0.2, 0.25) is 5.91 Å². The Bertz CT molecular complexity index is 401. The van der Waals surface area contributed by atoms with Gasteiger partial charge in [-0.25, -0.2) is 4.98 Å². The highest BCUT2D eigenvalue weighted by Gasteiger charge is 2.23. The SMILES string of the molecule is CCC(CO)N1CCN(CC(=O)Nc2nccs2)CC1. The van der Waals surface area contributed by atoms with Gasteiger partial charge in [-0.2, -0.15) is 0 Å². The van der Waals surface area contributed by atoms with Crippen LogP contribution < -0.4 is 5.32 Å². The summed E-state index contributed by atoms with van der Waals surface area (Å²) in [5.41, 5.74) is 0. The zero-order valence-corrected chi connectivity index (χ0v) is 12.6. The quantitative estimate of drug-likeness (QED) is 0.799. The minimum absolute atomic E-state index is 0.0115. The van der Waals surface area contributed by atoms with Crippen molar-refractivity contribution in [2.45, 2.75) is 19.4 Å². The van der Waals surface area contributed by atoms with Gasteiger partial charge in [-0.15, -0.1) is 11.3 Å². The van der Waals surface area contributed by atoms with Crippen LogP contribution in [0.25, 0.3) is 0 Å². The Morgan fingerprint density at radius 3 is 2.80 bits per heavy atom. The van der Waals surface area contributed by atoms with Gasteiger partial charge in [0.25, 0.3) is 0 Å². The van der Waals surface area contributed by atoms with E-state index in [2.05, 4.69) is 27.0 Å². The number of anilines is 1. The van der Waals surface area contributed by atoms with Crippen molar-refractivity contribution < 1.29 is 9.90 Å². The zero-order valence-electron chi connectivity index (χ0n) is 11.8. The highest BCUT2D eigenvalue weighted by Crippen LogP contribution is 2.11. The Morgan fingerprint density at radius 1 is 1.50 bits per heavy atom. The highest BCUT2D eigenvalue weighted by molar-refractivity contribution is 7.13. The normalized spacial score (nSPS) is 18.9. The van der Waals surface area contributed by atoms with Crippen LogP contribution in [0.4, 0.5) is 5.13 Å². The first-order valence-corrected chi connectivity index (χ1v) is 7.87. The highest BCUT2D eigenvalue weighted by atomic mass is 32.1. The molecule has 0 aliphatic carbocycles. The number of carbonyl (C=O) groups is 1. The van der Waals surface area contributed by atoms with Gasteiger partial charge >= 0.3 is 0 Å². The first-order chi connectivity index (χ1) is 9.72. The summed E-state index contributed by atoms with van der Waals surface area (Å²) in [4.78, 5) is 20.3. The van der Waals surface area contributed by atoms with E-state index in [-0.39, 0.29) is 18.6 Å². The molecular weight excluding hydrogens is 276 g/mol. The number of nitrogens with one attached hydrogen (secondary N) is 1. The third-order valence-electron chi connectivity index (χ3n) is 3.65. The summed E-state index contributed by atoms with van der Waals surface area (Å²) in [6, 6.07) is 0.251. The van der Waals surface area contributed by atoms with E-state index in [0.717, 1.165) is 32.6 Å².